The van der Waals surface area contributed by atoms with E-state index in [0.29, 0.717) is 12.0 Å². The zero-order chi connectivity index (χ0) is 19.5. The zero-order valence-electron chi connectivity index (χ0n) is 17.9. The van der Waals surface area contributed by atoms with Gasteiger partial charge in [0.25, 0.3) is 0 Å². The molecule has 0 amide bonds. The second-order valence-electron chi connectivity index (χ2n) is 8.55. The molecule has 1 saturated carbocycles. The molecule has 2 unspecified atom stereocenters. The second-order valence-corrected chi connectivity index (χ2v) is 8.55. The van der Waals surface area contributed by atoms with E-state index in [1.54, 1.807) is 7.05 Å². The molecule has 0 aliphatic heterocycles. The molecule has 0 radical (unpaired) electrons. The smallest absolute Gasteiger partial charge is 0.0845 e. The van der Waals surface area contributed by atoms with E-state index in [9.17, 15) is 5.26 Å². The summed E-state index contributed by atoms with van der Waals surface area (Å²) in [5, 5.41) is 18.7. The van der Waals surface area contributed by atoms with Crippen LogP contribution in [-0.2, 0) is 5.41 Å². The fraction of sp³-hybridized carbons (Fsp3) is 0.708. The summed E-state index contributed by atoms with van der Waals surface area (Å²) in [6.07, 6.45) is 12.4. The SMILES string of the molecule is CN=NC(CCCC(C#N)(c1ccccc1)C(C)C)CCC1CCCCC1.Cl. The number of hydrogen-bond donors (Lipinski definition) is 0. The number of hydrogen-bond acceptors (Lipinski definition) is 3. The summed E-state index contributed by atoms with van der Waals surface area (Å²) in [5.41, 5.74) is 0.747. The highest BCUT2D eigenvalue weighted by molar-refractivity contribution is 5.85. The van der Waals surface area contributed by atoms with Gasteiger partial charge < -0.3 is 0 Å². The second kappa shape index (κ2) is 12.9. The number of nitriles is 1. The molecule has 1 aromatic rings. The summed E-state index contributed by atoms with van der Waals surface area (Å²) in [6, 6.07) is 13.3. The molecule has 2 rings (SSSR count). The summed E-state index contributed by atoms with van der Waals surface area (Å²) in [4.78, 5) is 0. The van der Waals surface area contributed by atoms with Gasteiger partial charge in [0.2, 0.25) is 0 Å². The van der Waals surface area contributed by atoms with Crippen LogP contribution in [0.2, 0.25) is 0 Å². The molecule has 0 saturated heterocycles. The first-order valence-electron chi connectivity index (χ1n) is 10.9. The van der Waals surface area contributed by atoms with Crippen molar-refractivity contribution in [1.29, 1.82) is 5.26 Å². The van der Waals surface area contributed by atoms with Crippen LogP contribution in [0, 0.1) is 23.2 Å². The summed E-state index contributed by atoms with van der Waals surface area (Å²) in [5.74, 6) is 1.19. The van der Waals surface area contributed by atoms with Crippen LogP contribution < -0.4 is 0 Å². The van der Waals surface area contributed by atoms with Gasteiger partial charge in [-0.15, -0.1) is 12.4 Å². The Balaban J connectivity index is 0.00000392. The van der Waals surface area contributed by atoms with E-state index >= 15 is 0 Å². The normalized spacial score (nSPS) is 18.4. The fourth-order valence-corrected chi connectivity index (χ4v) is 4.69. The monoisotopic (exact) mass is 403 g/mol. The lowest BCUT2D eigenvalue weighted by molar-refractivity contribution is 0.310. The van der Waals surface area contributed by atoms with Gasteiger partial charge in [-0.1, -0.05) is 76.3 Å². The van der Waals surface area contributed by atoms with E-state index < -0.39 is 5.41 Å². The van der Waals surface area contributed by atoms with Crippen molar-refractivity contribution in [2.24, 2.45) is 22.1 Å². The van der Waals surface area contributed by atoms with Crippen LogP contribution in [0.15, 0.2) is 40.6 Å². The highest BCUT2D eigenvalue weighted by Crippen LogP contribution is 2.37. The largest absolute Gasteiger partial charge is 0.197 e. The first kappa shape index (κ1) is 24.6. The predicted octanol–water partition coefficient (Wildman–Crippen LogP) is 7.51. The first-order chi connectivity index (χ1) is 13.1. The molecule has 1 fully saturated rings. The van der Waals surface area contributed by atoms with Gasteiger partial charge in [0.1, 0.15) is 0 Å². The molecule has 3 nitrogen and oxygen atoms in total. The minimum Gasteiger partial charge on any atom is -0.197 e. The number of azo groups is 1. The van der Waals surface area contributed by atoms with Crippen LogP contribution in [0.25, 0.3) is 0 Å². The van der Waals surface area contributed by atoms with Crippen LogP contribution in [0.4, 0.5) is 0 Å². The minimum absolute atomic E-state index is 0. The van der Waals surface area contributed by atoms with Crippen LogP contribution in [0.5, 0.6) is 0 Å². The molecule has 0 N–H and O–H groups in total. The van der Waals surface area contributed by atoms with Crippen LogP contribution in [0.1, 0.15) is 83.6 Å². The van der Waals surface area contributed by atoms with E-state index in [-0.39, 0.29) is 12.4 Å². The number of nitrogens with zero attached hydrogens (tertiary/aromatic N) is 3. The molecule has 1 aromatic carbocycles. The molecule has 2 atom stereocenters. The lowest BCUT2D eigenvalue weighted by Crippen LogP contribution is -2.31. The van der Waals surface area contributed by atoms with Crippen LogP contribution >= 0.6 is 12.4 Å². The van der Waals surface area contributed by atoms with Gasteiger partial charge in [0.15, 0.2) is 0 Å². The molecular formula is C24H38ClN3. The molecule has 4 heteroatoms. The molecule has 0 heterocycles. The Labute approximate surface area is 178 Å². The molecule has 28 heavy (non-hydrogen) atoms. The summed E-state index contributed by atoms with van der Waals surface area (Å²) in [7, 11) is 1.78. The Hall–Kier alpha value is -1.40. The van der Waals surface area contributed by atoms with Gasteiger partial charge in [-0.05, 0) is 49.5 Å². The van der Waals surface area contributed by atoms with Crippen molar-refractivity contribution in [1.82, 2.24) is 0 Å². The highest BCUT2D eigenvalue weighted by Gasteiger charge is 2.35. The summed E-state index contributed by atoms with van der Waals surface area (Å²) < 4.78 is 0. The number of rotatable bonds is 10. The molecule has 1 aliphatic rings. The van der Waals surface area contributed by atoms with E-state index in [1.165, 1.54) is 38.5 Å². The van der Waals surface area contributed by atoms with Crippen LogP contribution in [0.3, 0.4) is 0 Å². The summed E-state index contributed by atoms with van der Waals surface area (Å²) >= 11 is 0. The Morgan fingerprint density at radius 3 is 2.36 bits per heavy atom. The van der Waals surface area contributed by atoms with Gasteiger partial charge in [-0.3, -0.25) is 0 Å². The first-order valence-corrected chi connectivity index (χ1v) is 10.9. The third-order valence-electron chi connectivity index (χ3n) is 6.49. The maximum atomic E-state index is 10.1. The van der Waals surface area contributed by atoms with Crippen molar-refractivity contribution >= 4 is 12.4 Å². The minimum atomic E-state index is -0.404. The number of halogens is 1. The van der Waals surface area contributed by atoms with Crippen LogP contribution in [-0.4, -0.2) is 13.1 Å². The molecular weight excluding hydrogens is 366 g/mol. The lowest BCUT2D eigenvalue weighted by atomic mass is 9.69. The highest BCUT2D eigenvalue weighted by atomic mass is 35.5. The van der Waals surface area contributed by atoms with E-state index in [2.05, 4.69) is 42.3 Å². The topological polar surface area (TPSA) is 48.5 Å². The van der Waals surface area contributed by atoms with Crippen molar-refractivity contribution in [3.05, 3.63) is 35.9 Å². The standard InChI is InChI=1S/C24H37N3.ClH/c1-20(2)24(19-25,22-13-8-5-9-14-22)18-10-15-23(27-26-3)17-16-21-11-6-4-7-12-21;/h5,8-9,13-14,20-21,23H,4,6-7,10-12,15-18H2,1-3H3;1H. The lowest BCUT2D eigenvalue weighted by Gasteiger charge is -2.32. The summed E-state index contributed by atoms with van der Waals surface area (Å²) in [6.45, 7) is 4.34. The van der Waals surface area contributed by atoms with Crippen molar-refractivity contribution in [2.45, 2.75) is 89.5 Å². The molecule has 0 bridgehead atoms. The molecule has 0 spiro atoms. The van der Waals surface area contributed by atoms with E-state index in [0.717, 1.165) is 37.2 Å². The van der Waals surface area contributed by atoms with E-state index in [4.69, 9.17) is 0 Å². The third kappa shape index (κ3) is 6.89. The Morgan fingerprint density at radius 2 is 1.79 bits per heavy atom. The van der Waals surface area contributed by atoms with Crippen molar-refractivity contribution in [3.63, 3.8) is 0 Å². The van der Waals surface area contributed by atoms with E-state index in [1.807, 2.05) is 18.2 Å². The Kier molecular flexibility index (Phi) is 11.4. The number of benzene rings is 1. The van der Waals surface area contributed by atoms with Gasteiger partial charge in [0, 0.05) is 7.05 Å². The maximum Gasteiger partial charge on any atom is 0.0845 e. The van der Waals surface area contributed by atoms with Crippen molar-refractivity contribution in [3.8, 4) is 6.07 Å². The quantitative estimate of drug-likeness (QED) is 0.373. The average Bonchev–Trinajstić information content (AvgIpc) is 2.70. The molecule has 156 valence electrons. The maximum absolute atomic E-state index is 10.1. The van der Waals surface area contributed by atoms with Crippen molar-refractivity contribution < 1.29 is 0 Å². The predicted molar refractivity (Wildman–Crippen MR) is 120 cm³/mol. The van der Waals surface area contributed by atoms with Gasteiger partial charge in [0.05, 0.1) is 17.5 Å². The zero-order valence-corrected chi connectivity index (χ0v) is 18.8. The van der Waals surface area contributed by atoms with Gasteiger partial charge in [-0.25, -0.2) is 0 Å². The molecule has 1 aliphatic carbocycles. The molecule has 0 aromatic heterocycles. The van der Waals surface area contributed by atoms with Crippen molar-refractivity contribution in [2.75, 3.05) is 7.05 Å². The van der Waals surface area contributed by atoms with Gasteiger partial charge >= 0.3 is 0 Å². The van der Waals surface area contributed by atoms with Gasteiger partial charge in [-0.2, -0.15) is 15.5 Å². The third-order valence-corrected chi connectivity index (χ3v) is 6.49. The fourth-order valence-electron chi connectivity index (χ4n) is 4.69. The Bertz CT molecular complexity index is 602. The Morgan fingerprint density at radius 1 is 1.11 bits per heavy atom. The average molecular weight is 404 g/mol.